The molecule has 0 saturated heterocycles. The van der Waals surface area contributed by atoms with Crippen LogP contribution in [0.15, 0.2) is 54.9 Å². The first-order valence-electron chi connectivity index (χ1n) is 14.1. The van der Waals surface area contributed by atoms with Gasteiger partial charge in [-0.05, 0) is 30.5 Å². The van der Waals surface area contributed by atoms with Crippen LogP contribution in [0.1, 0.15) is 30.5 Å². The van der Waals surface area contributed by atoms with E-state index in [4.69, 9.17) is 14.5 Å². The number of nitrogens with zero attached hydrogens (tertiary/aromatic N) is 6. The number of hydrogen-bond donors (Lipinski definition) is 1. The predicted octanol–water partition coefficient (Wildman–Crippen LogP) is 5.13. The molecule has 1 fully saturated rings. The zero-order valence-electron chi connectivity index (χ0n) is 23.5. The summed E-state index contributed by atoms with van der Waals surface area (Å²) in [5.74, 6) is -0.0212. The van der Waals surface area contributed by atoms with Gasteiger partial charge in [0.2, 0.25) is 17.7 Å². The van der Waals surface area contributed by atoms with Gasteiger partial charge in [0.05, 0.1) is 29.4 Å². The third-order valence-corrected chi connectivity index (χ3v) is 7.71. The van der Waals surface area contributed by atoms with Crippen molar-refractivity contribution in [3.63, 3.8) is 0 Å². The number of hydrogen-bond acceptors (Lipinski definition) is 6. The molecule has 1 atom stereocenters. The molecule has 228 valence electrons. The van der Waals surface area contributed by atoms with E-state index in [1.807, 2.05) is 34.9 Å². The van der Waals surface area contributed by atoms with E-state index in [1.54, 1.807) is 25.4 Å². The Balaban J connectivity index is 1.40. The van der Waals surface area contributed by atoms with E-state index < -0.39 is 24.8 Å². The smallest absolute Gasteiger partial charge is 0.388 e. The van der Waals surface area contributed by atoms with Crippen molar-refractivity contribution in [2.24, 2.45) is 13.0 Å². The first-order chi connectivity index (χ1) is 21.3. The minimum Gasteiger partial charge on any atom is -0.475 e. The number of fused-ring (bicyclic) bond motifs is 2. The van der Waals surface area contributed by atoms with Gasteiger partial charge in [-0.1, -0.05) is 30.3 Å². The molecule has 0 radical (unpaired) electrons. The maximum atomic E-state index is 14.7. The average Bonchev–Trinajstić information content (AvgIpc) is 3.55. The number of aryl methyl sites for hydroxylation is 1. The highest BCUT2D eigenvalue weighted by atomic mass is 19.3. The second kappa shape index (κ2) is 11.0. The normalized spacial score (nSPS) is 16.4. The number of ether oxygens (including phenoxy) is 2. The Kier molecular flexibility index (Phi) is 6.98. The van der Waals surface area contributed by atoms with Crippen molar-refractivity contribution in [2.75, 3.05) is 6.61 Å². The fraction of sp³-hybridized carbons (Fsp3) is 0.333. The molecule has 2 aromatic heterocycles. The van der Waals surface area contributed by atoms with Gasteiger partial charge in [0.25, 0.3) is 6.43 Å². The van der Waals surface area contributed by atoms with E-state index in [1.165, 1.54) is 15.6 Å². The molecule has 10 nitrogen and oxygen atoms in total. The molecule has 0 unspecified atom stereocenters. The molecule has 44 heavy (non-hydrogen) atoms. The Morgan fingerprint density at radius 3 is 2.59 bits per heavy atom. The topological polar surface area (TPSA) is 101 Å². The standard InChI is InChI=1S/C30H27F4N7O3/c1-39-14-20(28(38-39)44-30(33)34)21-19-8-5-11-40(12-16-6-3-2-4-7-16)26(19)36-23(21)22-24(25(31)32)37-41-13-18(15-43-29(22)41)35-27(42)17-9-10-17/h2-8,11,14,17-18,25,30H,9-10,12-13,15H2,1H3,(H,35,42)/t18-/m0/s1. The number of nitrogens with one attached hydrogen (secondary N) is 1. The third-order valence-electron chi connectivity index (χ3n) is 7.71. The fourth-order valence-electron chi connectivity index (χ4n) is 5.63. The Morgan fingerprint density at radius 1 is 1.07 bits per heavy atom. The Hall–Kier alpha value is -4.88. The third kappa shape index (κ3) is 5.13. The Bertz CT molecular complexity index is 1800. The highest BCUT2D eigenvalue weighted by Crippen LogP contribution is 2.50. The predicted molar refractivity (Wildman–Crippen MR) is 150 cm³/mol. The molecule has 4 aliphatic rings. The monoisotopic (exact) mass is 609 g/mol. The first kappa shape index (κ1) is 27.9. The van der Waals surface area contributed by atoms with Crippen LogP contribution in [0.4, 0.5) is 17.6 Å². The van der Waals surface area contributed by atoms with Crippen molar-refractivity contribution in [1.29, 1.82) is 0 Å². The van der Waals surface area contributed by atoms with Crippen LogP contribution in [0.25, 0.3) is 33.8 Å². The van der Waals surface area contributed by atoms with E-state index in [-0.39, 0.29) is 59.1 Å². The molecule has 0 bridgehead atoms. The number of aromatic nitrogens is 6. The summed E-state index contributed by atoms with van der Waals surface area (Å²) in [5.41, 5.74) is 1.33. The number of rotatable bonds is 9. The zero-order chi connectivity index (χ0) is 30.5. The van der Waals surface area contributed by atoms with Gasteiger partial charge in [-0.3, -0.25) is 9.48 Å². The van der Waals surface area contributed by atoms with Crippen LogP contribution in [0.3, 0.4) is 0 Å². The quantitative estimate of drug-likeness (QED) is 0.233. The first-order valence-corrected chi connectivity index (χ1v) is 14.1. The van der Waals surface area contributed by atoms with Crippen LogP contribution in [-0.4, -0.2) is 54.3 Å². The molecule has 7 rings (SSSR count). The van der Waals surface area contributed by atoms with Crippen LogP contribution < -0.4 is 14.8 Å². The molecule has 14 heteroatoms. The highest BCUT2D eigenvalue weighted by Gasteiger charge is 2.38. The summed E-state index contributed by atoms with van der Waals surface area (Å²) < 4.78 is 71.5. The summed E-state index contributed by atoms with van der Waals surface area (Å²) in [6, 6.07) is 12.7. The summed E-state index contributed by atoms with van der Waals surface area (Å²) in [4.78, 5) is 17.2. The summed E-state index contributed by atoms with van der Waals surface area (Å²) in [6.45, 7) is -2.61. The molecular formula is C30H27F4N7O3. The minimum absolute atomic E-state index is 0.0311. The highest BCUT2D eigenvalue weighted by molar-refractivity contribution is 5.97. The van der Waals surface area contributed by atoms with E-state index in [9.17, 15) is 22.4 Å². The lowest BCUT2D eigenvalue weighted by atomic mass is 9.98. The van der Waals surface area contributed by atoms with Crippen molar-refractivity contribution in [3.05, 3.63) is 66.1 Å². The Labute approximate surface area is 248 Å². The van der Waals surface area contributed by atoms with E-state index in [0.717, 1.165) is 18.4 Å². The van der Waals surface area contributed by atoms with Crippen molar-refractivity contribution in [2.45, 2.75) is 45.0 Å². The van der Waals surface area contributed by atoms with Gasteiger partial charge >= 0.3 is 6.61 Å². The molecular weight excluding hydrogens is 582 g/mol. The van der Waals surface area contributed by atoms with Gasteiger partial charge < -0.3 is 19.4 Å². The van der Waals surface area contributed by atoms with Gasteiger partial charge in [0.1, 0.15) is 18.1 Å². The van der Waals surface area contributed by atoms with E-state index >= 15 is 0 Å². The summed E-state index contributed by atoms with van der Waals surface area (Å²) in [5, 5.41) is 11.2. The Morgan fingerprint density at radius 2 is 1.86 bits per heavy atom. The lowest BCUT2D eigenvalue weighted by molar-refractivity contribution is -0.123. The summed E-state index contributed by atoms with van der Waals surface area (Å²) in [7, 11) is 1.54. The van der Waals surface area contributed by atoms with Crippen LogP contribution in [0.2, 0.25) is 0 Å². The van der Waals surface area contributed by atoms with Gasteiger partial charge in [-0.25, -0.2) is 18.4 Å². The van der Waals surface area contributed by atoms with Crippen molar-refractivity contribution in [1.82, 2.24) is 34.4 Å². The van der Waals surface area contributed by atoms with Gasteiger partial charge in [-0.15, -0.1) is 5.10 Å². The number of benzene rings is 1. The number of alkyl halides is 4. The van der Waals surface area contributed by atoms with Crippen molar-refractivity contribution < 1.29 is 31.8 Å². The molecule has 1 amide bonds. The number of amides is 1. The minimum atomic E-state index is -3.17. The summed E-state index contributed by atoms with van der Waals surface area (Å²) in [6.07, 6.45) is 1.91. The molecule has 1 aromatic carbocycles. The van der Waals surface area contributed by atoms with Crippen LogP contribution in [-0.2, 0) is 24.9 Å². The molecule has 5 heterocycles. The van der Waals surface area contributed by atoms with Gasteiger partial charge in [0, 0.05) is 43.0 Å². The van der Waals surface area contributed by atoms with Gasteiger partial charge in [-0.2, -0.15) is 13.9 Å². The van der Waals surface area contributed by atoms with Gasteiger partial charge in [0.15, 0.2) is 0 Å². The van der Waals surface area contributed by atoms with E-state index in [2.05, 4.69) is 15.5 Å². The second-order valence-corrected chi connectivity index (χ2v) is 10.9. The molecule has 3 aliphatic heterocycles. The molecule has 1 N–H and O–H groups in total. The largest absolute Gasteiger partial charge is 0.475 e. The van der Waals surface area contributed by atoms with Crippen LogP contribution in [0, 0.1) is 5.92 Å². The number of carbonyl (C=O) groups is 1. The lowest BCUT2D eigenvalue weighted by Crippen LogP contribution is -2.45. The molecule has 3 aromatic rings. The lowest BCUT2D eigenvalue weighted by Gasteiger charge is -2.25. The number of carbonyl (C=O) groups excluding carboxylic acids is 1. The van der Waals surface area contributed by atoms with Crippen LogP contribution in [0.5, 0.6) is 11.8 Å². The fourth-order valence-corrected chi connectivity index (χ4v) is 5.63. The number of pyridine rings is 1. The second-order valence-electron chi connectivity index (χ2n) is 10.9. The van der Waals surface area contributed by atoms with E-state index in [0.29, 0.717) is 17.9 Å². The number of halogens is 4. The molecule has 0 spiro atoms. The maximum Gasteiger partial charge on any atom is 0.388 e. The molecule has 1 aliphatic carbocycles. The van der Waals surface area contributed by atoms with Crippen molar-refractivity contribution >= 4 is 5.91 Å². The summed E-state index contributed by atoms with van der Waals surface area (Å²) >= 11 is 0. The molecule has 1 saturated carbocycles. The van der Waals surface area contributed by atoms with Crippen LogP contribution >= 0.6 is 0 Å². The average molecular weight is 610 g/mol. The van der Waals surface area contributed by atoms with Crippen molar-refractivity contribution in [3.8, 4) is 45.5 Å². The maximum absolute atomic E-state index is 14.7. The zero-order valence-corrected chi connectivity index (χ0v) is 23.5. The SMILES string of the molecule is Cn1cc(-c2c3cccn(Cc4ccccc4)c-3nc2-c2c(C(F)F)nn3c2OC[C@@H](NC(=O)C2CC2)C3)c(OC(F)F)n1.